The van der Waals surface area contributed by atoms with E-state index in [-0.39, 0.29) is 30.9 Å². The number of H-pyrrole nitrogens is 1. The first-order valence-electron chi connectivity index (χ1n) is 10.5. The molecule has 0 atom stereocenters. The number of aryl methyl sites for hydroxylation is 1. The lowest BCUT2D eigenvalue weighted by molar-refractivity contribution is -0.385. The Morgan fingerprint density at radius 3 is 2.43 bits per heavy atom. The number of rotatable bonds is 8. The fourth-order valence-electron chi connectivity index (χ4n) is 3.74. The molecule has 0 fully saturated rings. The molecule has 1 aromatic heterocycles. The molecule has 4 rings (SSSR count). The van der Waals surface area contributed by atoms with Crippen molar-refractivity contribution < 1.29 is 32.7 Å². The summed E-state index contributed by atoms with van der Waals surface area (Å²) >= 11 is 0. The molecule has 180 valence electrons. The van der Waals surface area contributed by atoms with E-state index >= 15 is 0 Å². The van der Waals surface area contributed by atoms with Gasteiger partial charge in [0.2, 0.25) is 5.75 Å². The van der Waals surface area contributed by atoms with Crippen LogP contribution in [0, 0.1) is 10.1 Å². The van der Waals surface area contributed by atoms with Crippen LogP contribution in [0.15, 0.2) is 66.9 Å². The second-order valence-corrected chi connectivity index (χ2v) is 7.91. The van der Waals surface area contributed by atoms with Crippen molar-refractivity contribution in [3.63, 3.8) is 0 Å². The number of aliphatic carboxylic acids is 1. The van der Waals surface area contributed by atoms with Gasteiger partial charge in [-0.1, -0.05) is 18.2 Å². The van der Waals surface area contributed by atoms with Crippen molar-refractivity contribution in [2.45, 2.75) is 25.6 Å². The molecule has 0 amide bonds. The van der Waals surface area contributed by atoms with Crippen LogP contribution in [0.5, 0.6) is 5.75 Å². The highest BCUT2D eigenvalue weighted by molar-refractivity contribution is 5.87. The first-order chi connectivity index (χ1) is 16.6. The number of fused-ring (bicyclic) bond motifs is 1. The monoisotopic (exact) mass is 484 g/mol. The predicted octanol–water partition coefficient (Wildman–Crippen LogP) is 6.36. The van der Waals surface area contributed by atoms with Crippen LogP contribution < -0.4 is 4.74 Å². The number of hydrogen-bond acceptors (Lipinski definition) is 4. The Balaban J connectivity index is 1.75. The molecule has 0 aliphatic carbocycles. The number of carbonyl (C=O) groups is 1. The lowest BCUT2D eigenvalue weighted by atomic mass is 9.97. The number of nitro benzene ring substituents is 1. The number of aromatic amines is 1. The molecule has 10 heteroatoms. The Morgan fingerprint density at radius 2 is 1.77 bits per heavy atom. The van der Waals surface area contributed by atoms with Gasteiger partial charge in [-0.25, -0.2) is 0 Å². The summed E-state index contributed by atoms with van der Waals surface area (Å²) in [7, 11) is 0. The van der Waals surface area contributed by atoms with Gasteiger partial charge < -0.3 is 14.8 Å². The zero-order chi connectivity index (χ0) is 25.2. The van der Waals surface area contributed by atoms with Crippen molar-refractivity contribution >= 4 is 22.6 Å². The fourth-order valence-corrected chi connectivity index (χ4v) is 3.74. The van der Waals surface area contributed by atoms with Crippen LogP contribution in [0.1, 0.15) is 23.1 Å². The molecule has 0 saturated carbocycles. The molecule has 0 saturated heterocycles. The SMILES string of the molecule is O=C(O)CCc1cc(-c2ccc3[nH]ccc3c2)c(OCc2ccc(C(F)(F)F)cc2)c([N+](=O)[O-])c1. The van der Waals surface area contributed by atoms with E-state index in [1.807, 2.05) is 12.1 Å². The van der Waals surface area contributed by atoms with Crippen LogP contribution in [0.2, 0.25) is 0 Å². The summed E-state index contributed by atoms with van der Waals surface area (Å²) in [5.41, 5.74) is 1.53. The van der Waals surface area contributed by atoms with Gasteiger partial charge in [0.1, 0.15) is 6.61 Å². The third kappa shape index (κ3) is 5.43. The van der Waals surface area contributed by atoms with Gasteiger partial charge in [-0.15, -0.1) is 0 Å². The zero-order valence-corrected chi connectivity index (χ0v) is 18.1. The number of benzene rings is 3. The third-order valence-corrected chi connectivity index (χ3v) is 5.48. The molecule has 35 heavy (non-hydrogen) atoms. The molecule has 0 unspecified atom stereocenters. The highest BCUT2D eigenvalue weighted by atomic mass is 19.4. The van der Waals surface area contributed by atoms with E-state index in [0.29, 0.717) is 22.3 Å². The maximum absolute atomic E-state index is 12.8. The molecule has 7 nitrogen and oxygen atoms in total. The molecule has 0 aliphatic heterocycles. The van der Waals surface area contributed by atoms with E-state index in [1.165, 1.54) is 18.2 Å². The summed E-state index contributed by atoms with van der Waals surface area (Å²) in [4.78, 5) is 25.4. The van der Waals surface area contributed by atoms with Gasteiger partial charge in [-0.3, -0.25) is 14.9 Å². The van der Waals surface area contributed by atoms with Crippen molar-refractivity contribution in [2.24, 2.45) is 0 Å². The number of carboxylic acids is 1. The number of carboxylic acid groups (broad SMARTS) is 1. The average Bonchev–Trinajstić information content (AvgIpc) is 3.28. The summed E-state index contributed by atoms with van der Waals surface area (Å²) in [6.07, 6.45) is -2.86. The van der Waals surface area contributed by atoms with E-state index in [2.05, 4.69) is 4.98 Å². The maximum atomic E-state index is 12.8. The summed E-state index contributed by atoms with van der Waals surface area (Å²) in [5.74, 6) is -1.09. The Labute approximate surface area is 196 Å². The summed E-state index contributed by atoms with van der Waals surface area (Å²) in [5, 5.41) is 21.8. The molecular weight excluding hydrogens is 465 g/mol. The van der Waals surface area contributed by atoms with E-state index in [1.54, 1.807) is 24.4 Å². The normalized spacial score (nSPS) is 11.5. The molecular formula is C25H19F3N2O5. The second kappa shape index (κ2) is 9.49. The second-order valence-electron chi connectivity index (χ2n) is 7.91. The summed E-state index contributed by atoms with van der Waals surface area (Å²) in [6.45, 7) is -0.202. The van der Waals surface area contributed by atoms with Crippen molar-refractivity contribution in [1.82, 2.24) is 4.98 Å². The Hall–Kier alpha value is -4.34. The molecule has 0 spiro atoms. The van der Waals surface area contributed by atoms with Gasteiger partial charge in [0.25, 0.3) is 0 Å². The topological polar surface area (TPSA) is 105 Å². The first-order valence-corrected chi connectivity index (χ1v) is 10.5. The molecule has 0 radical (unpaired) electrons. The van der Waals surface area contributed by atoms with Gasteiger partial charge in [0.15, 0.2) is 0 Å². The summed E-state index contributed by atoms with van der Waals surface area (Å²) < 4.78 is 44.4. The molecule has 0 aliphatic rings. The molecule has 2 N–H and O–H groups in total. The van der Waals surface area contributed by atoms with Crippen molar-refractivity contribution in [3.8, 4) is 16.9 Å². The van der Waals surface area contributed by atoms with Crippen molar-refractivity contribution in [1.29, 1.82) is 0 Å². The fraction of sp³-hybridized carbons (Fsp3) is 0.160. The van der Waals surface area contributed by atoms with Gasteiger partial charge in [-0.05, 0) is 64.9 Å². The lowest BCUT2D eigenvalue weighted by Crippen LogP contribution is -2.06. The zero-order valence-electron chi connectivity index (χ0n) is 18.1. The standard InChI is InChI=1S/C25H19F3N2O5/c26-25(27,28)19-5-1-15(2-6-19)14-35-24-20(17-4-7-21-18(13-17)9-10-29-21)11-16(3-8-23(31)32)12-22(24)30(33)34/h1-2,4-7,9-13,29H,3,8,14H2,(H,31,32). The van der Waals surface area contributed by atoms with Crippen molar-refractivity contribution in [2.75, 3.05) is 0 Å². The van der Waals surface area contributed by atoms with Crippen LogP contribution in [0.4, 0.5) is 18.9 Å². The molecule has 0 bridgehead atoms. The Morgan fingerprint density at radius 1 is 1.03 bits per heavy atom. The van der Waals surface area contributed by atoms with E-state index in [0.717, 1.165) is 23.0 Å². The lowest BCUT2D eigenvalue weighted by Gasteiger charge is -2.15. The summed E-state index contributed by atoms with van der Waals surface area (Å²) in [6, 6.07) is 14.5. The Kier molecular flexibility index (Phi) is 6.46. The number of hydrogen-bond donors (Lipinski definition) is 2. The molecule has 3 aromatic carbocycles. The number of aromatic nitrogens is 1. The maximum Gasteiger partial charge on any atom is 0.416 e. The van der Waals surface area contributed by atoms with Crippen LogP contribution >= 0.6 is 0 Å². The van der Waals surface area contributed by atoms with Crippen LogP contribution in [-0.2, 0) is 24.0 Å². The smallest absolute Gasteiger partial charge is 0.416 e. The minimum absolute atomic E-state index is 0.0520. The minimum atomic E-state index is -4.48. The molecule has 4 aromatic rings. The largest absolute Gasteiger partial charge is 0.482 e. The highest BCUT2D eigenvalue weighted by Crippen LogP contribution is 2.41. The van der Waals surface area contributed by atoms with E-state index in [4.69, 9.17) is 9.84 Å². The first kappa shape index (κ1) is 23.8. The number of halogens is 3. The minimum Gasteiger partial charge on any atom is -0.482 e. The Bertz CT molecular complexity index is 1390. The van der Waals surface area contributed by atoms with Crippen LogP contribution in [-0.4, -0.2) is 21.0 Å². The van der Waals surface area contributed by atoms with Gasteiger partial charge >= 0.3 is 17.8 Å². The van der Waals surface area contributed by atoms with E-state index < -0.39 is 22.6 Å². The van der Waals surface area contributed by atoms with Crippen molar-refractivity contribution in [3.05, 3.63) is 93.7 Å². The number of nitrogens with zero attached hydrogens (tertiary/aromatic N) is 1. The van der Waals surface area contributed by atoms with Gasteiger partial charge in [0.05, 0.1) is 10.5 Å². The number of nitro groups is 1. The predicted molar refractivity (Wildman–Crippen MR) is 122 cm³/mol. The third-order valence-electron chi connectivity index (χ3n) is 5.48. The van der Waals surface area contributed by atoms with Gasteiger partial charge in [0, 0.05) is 29.8 Å². The number of nitrogens with one attached hydrogen (secondary N) is 1. The quantitative estimate of drug-likeness (QED) is 0.224. The van der Waals surface area contributed by atoms with E-state index in [9.17, 15) is 28.1 Å². The number of alkyl halides is 3. The van der Waals surface area contributed by atoms with Crippen LogP contribution in [0.3, 0.4) is 0 Å². The average molecular weight is 484 g/mol. The highest BCUT2D eigenvalue weighted by Gasteiger charge is 2.30. The molecule has 1 heterocycles. The van der Waals surface area contributed by atoms with Crippen LogP contribution in [0.25, 0.3) is 22.0 Å². The number of ether oxygens (including phenoxy) is 1. The van der Waals surface area contributed by atoms with Gasteiger partial charge in [-0.2, -0.15) is 13.2 Å².